The third-order valence-corrected chi connectivity index (χ3v) is 4.09. The zero-order valence-electron chi connectivity index (χ0n) is 16.5. The van der Waals surface area contributed by atoms with E-state index in [-0.39, 0.29) is 5.82 Å². The Bertz CT molecular complexity index is 843. The summed E-state index contributed by atoms with van der Waals surface area (Å²) in [6.45, 7) is 3.94. The van der Waals surface area contributed by atoms with Gasteiger partial charge in [-0.05, 0) is 68.4 Å². The summed E-state index contributed by atoms with van der Waals surface area (Å²) in [5, 5.41) is 0. The molecule has 0 saturated carbocycles. The van der Waals surface area contributed by atoms with E-state index in [0.717, 1.165) is 29.9 Å². The molecule has 142 valence electrons. The largest absolute Gasteiger partial charge is 0.373 e. The number of halogens is 1. The van der Waals surface area contributed by atoms with Gasteiger partial charge in [0.2, 0.25) is 0 Å². The molecule has 1 aromatic carbocycles. The zero-order chi connectivity index (χ0) is 19.6. The number of aryl methyl sites for hydroxylation is 1. The van der Waals surface area contributed by atoms with E-state index in [9.17, 15) is 4.39 Å². The molecule has 0 unspecified atom stereocenters. The summed E-state index contributed by atoms with van der Waals surface area (Å²) in [5.74, 6) is 5.88. The number of hydrogen-bond donors (Lipinski definition) is 1. The van der Waals surface area contributed by atoms with Crippen LogP contribution in [0, 0.1) is 17.7 Å². The molecule has 0 aliphatic carbocycles. The number of likely N-dealkylation sites (N-methyl/N-ethyl adjacent to an activating group) is 2. The molecule has 1 aromatic heterocycles. The van der Waals surface area contributed by atoms with Crippen molar-refractivity contribution in [1.29, 1.82) is 0 Å². The SMILES string of the molecule is CCc1cc(F)cnc[nH]c(C#Cc2ccc(N(C)CCN(C)C)cc2)c1. The Balaban J connectivity index is 2.20. The number of aromatic amines is 1. The van der Waals surface area contributed by atoms with Crippen molar-refractivity contribution in [2.45, 2.75) is 13.3 Å². The van der Waals surface area contributed by atoms with Crippen molar-refractivity contribution >= 4 is 5.69 Å². The highest BCUT2D eigenvalue weighted by molar-refractivity contribution is 5.51. The molecule has 4 nitrogen and oxygen atoms in total. The predicted molar refractivity (Wildman–Crippen MR) is 110 cm³/mol. The van der Waals surface area contributed by atoms with E-state index < -0.39 is 0 Å². The maximum atomic E-state index is 13.6. The molecule has 0 atom stereocenters. The van der Waals surface area contributed by atoms with Gasteiger partial charge in [0, 0.05) is 31.4 Å². The maximum absolute atomic E-state index is 13.6. The first-order valence-corrected chi connectivity index (χ1v) is 9.02. The third kappa shape index (κ3) is 7.12. The third-order valence-electron chi connectivity index (χ3n) is 4.09. The van der Waals surface area contributed by atoms with Gasteiger partial charge in [-0.3, -0.25) is 0 Å². The fourth-order valence-electron chi connectivity index (χ4n) is 2.39. The average Bonchev–Trinajstić information content (AvgIpc) is 2.75. The Morgan fingerprint density at radius 1 is 1.04 bits per heavy atom. The van der Waals surface area contributed by atoms with E-state index in [2.05, 4.69) is 64.9 Å². The van der Waals surface area contributed by atoms with Gasteiger partial charge in [-0.2, -0.15) is 0 Å². The van der Waals surface area contributed by atoms with Crippen molar-refractivity contribution in [2.75, 3.05) is 39.1 Å². The fourth-order valence-corrected chi connectivity index (χ4v) is 2.39. The minimum atomic E-state index is -0.371. The zero-order valence-corrected chi connectivity index (χ0v) is 16.5. The van der Waals surface area contributed by atoms with Gasteiger partial charge in [-0.15, -0.1) is 0 Å². The van der Waals surface area contributed by atoms with E-state index in [4.69, 9.17) is 0 Å². The molecule has 2 aromatic rings. The summed E-state index contributed by atoms with van der Waals surface area (Å²) in [4.78, 5) is 11.3. The Morgan fingerprint density at radius 3 is 2.44 bits per heavy atom. The maximum Gasteiger partial charge on any atom is 0.141 e. The lowest BCUT2D eigenvalue weighted by Gasteiger charge is -2.21. The van der Waals surface area contributed by atoms with E-state index in [1.165, 1.54) is 18.6 Å². The van der Waals surface area contributed by atoms with Gasteiger partial charge in [0.15, 0.2) is 0 Å². The molecule has 27 heavy (non-hydrogen) atoms. The molecule has 1 heterocycles. The number of nitrogens with one attached hydrogen (secondary N) is 1. The van der Waals surface area contributed by atoms with Crippen LogP contribution in [0.15, 0.2) is 48.9 Å². The molecular weight excluding hydrogens is 339 g/mol. The molecule has 0 radical (unpaired) electrons. The van der Waals surface area contributed by atoms with Crippen molar-refractivity contribution in [2.24, 2.45) is 0 Å². The van der Waals surface area contributed by atoms with Crippen LogP contribution in [0.3, 0.4) is 0 Å². The molecule has 0 aliphatic heterocycles. The summed E-state index contributed by atoms with van der Waals surface area (Å²) in [7, 11) is 6.23. The van der Waals surface area contributed by atoms with E-state index >= 15 is 0 Å². The second-order valence-corrected chi connectivity index (χ2v) is 6.59. The van der Waals surface area contributed by atoms with Crippen LogP contribution in [0.1, 0.15) is 23.7 Å². The average molecular weight is 366 g/mol. The highest BCUT2D eigenvalue weighted by atomic mass is 19.1. The molecule has 2 rings (SSSR count). The lowest BCUT2D eigenvalue weighted by atomic mass is 10.1. The Labute approximate surface area is 161 Å². The van der Waals surface area contributed by atoms with Crippen LogP contribution in [-0.2, 0) is 6.42 Å². The monoisotopic (exact) mass is 366 g/mol. The van der Waals surface area contributed by atoms with Crippen molar-refractivity contribution in [3.05, 3.63) is 71.6 Å². The molecule has 0 fully saturated rings. The van der Waals surface area contributed by atoms with Crippen LogP contribution in [0.5, 0.6) is 0 Å². The molecule has 0 amide bonds. The van der Waals surface area contributed by atoms with Gasteiger partial charge < -0.3 is 14.8 Å². The summed E-state index contributed by atoms with van der Waals surface area (Å²) in [6, 6.07) is 11.5. The number of aromatic nitrogens is 2. The minimum Gasteiger partial charge on any atom is -0.373 e. The van der Waals surface area contributed by atoms with Crippen LogP contribution in [0.25, 0.3) is 0 Å². The second-order valence-electron chi connectivity index (χ2n) is 6.59. The van der Waals surface area contributed by atoms with Crippen LogP contribution in [-0.4, -0.2) is 49.1 Å². The summed E-state index contributed by atoms with van der Waals surface area (Å²) in [5.41, 5.74) is 3.61. The number of anilines is 1. The van der Waals surface area contributed by atoms with Gasteiger partial charge in [-0.1, -0.05) is 12.8 Å². The summed E-state index contributed by atoms with van der Waals surface area (Å²) in [6.07, 6.45) is 3.33. The standard InChI is InChI=1S/C22H27FN4/c1-5-18-14-20(23)16-24-17-25-21(15-18)9-6-19-7-10-22(11-8-19)27(4)13-12-26(2)3/h7-8,10-11,14-17H,5,12-13H2,1-4H3,(H,24,25). The number of rotatable bonds is 5. The summed E-state index contributed by atoms with van der Waals surface area (Å²) < 4.78 is 13.6. The van der Waals surface area contributed by atoms with Gasteiger partial charge in [0.05, 0.1) is 18.2 Å². The Hall–Kier alpha value is -2.84. The predicted octanol–water partition coefficient (Wildman–Crippen LogP) is 3.63. The second kappa shape index (κ2) is 10.3. The van der Waals surface area contributed by atoms with Crippen molar-refractivity contribution in [3.8, 4) is 11.8 Å². The molecule has 0 spiro atoms. The number of hydrogen-bond acceptors (Lipinski definition) is 3. The first-order chi connectivity index (χ1) is 13.0. The fraction of sp³-hybridized carbons (Fsp3) is 0.318. The molecule has 0 bridgehead atoms. The Kier molecular flexibility index (Phi) is 7.84. The first kappa shape index (κ1) is 20.5. The minimum absolute atomic E-state index is 0.371. The van der Waals surface area contributed by atoms with Crippen LogP contribution < -0.4 is 4.90 Å². The van der Waals surface area contributed by atoms with Crippen LogP contribution in [0.4, 0.5) is 10.1 Å². The van der Waals surface area contributed by atoms with E-state index in [1.54, 1.807) is 0 Å². The highest BCUT2D eigenvalue weighted by Crippen LogP contribution is 2.13. The number of benzene rings is 1. The first-order valence-electron chi connectivity index (χ1n) is 9.02. The van der Waals surface area contributed by atoms with Gasteiger partial charge in [0.25, 0.3) is 0 Å². The molecule has 0 aliphatic rings. The highest BCUT2D eigenvalue weighted by Gasteiger charge is 2.01. The Morgan fingerprint density at radius 2 is 1.78 bits per heavy atom. The van der Waals surface area contributed by atoms with Gasteiger partial charge in [-0.25, -0.2) is 9.37 Å². The van der Waals surface area contributed by atoms with E-state index in [0.29, 0.717) is 12.1 Å². The molecule has 1 N–H and O–H groups in total. The van der Waals surface area contributed by atoms with Gasteiger partial charge in [0.1, 0.15) is 5.82 Å². The lowest BCUT2D eigenvalue weighted by molar-refractivity contribution is 0.416. The van der Waals surface area contributed by atoms with Crippen molar-refractivity contribution in [1.82, 2.24) is 14.9 Å². The van der Waals surface area contributed by atoms with Gasteiger partial charge >= 0.3 is 0 Å². The van der Waals surface area contributed by atoms with E-state index in [1.807, 2.05) is 25.1 Å². The molecule has 0 saturated heterocycles. The quantitative estimate of drug-likeness (QED) is 0.821. The molecule has 5 heteroatoms. The summed E-state index contributed by atoms with van der Waals surface area (Å²) >= 11 is 0. The normalized spacial score (nSPS) is 10.1. The number of H-pyrrole nitrogens is 1. The van der Waals surface area contributed by atoms with Crippen LogP contribution >= 0.6 is 0 Å². The lowest BCUT2D eigenvalue weighted by Crippen LogP contribution is -2.28. The topological polar surface area (TPSA) is 35.2 Å². The van der Waals surface area contributed by atoms with Crippen molar-refractivity contribution < 1.29 is 4.39 Å². The smallest absolute Gasteiger partial charge is 0.141 e. The number of nitrogens with zero attached hydrogens (tertiary/aromatic N) is 3. The van der Waals surface area contributed by atoms with Crippen LogP contribution in [0.2, 0.25) is 0 Å². The molecular formula is C22H27FN4. The van der Waals surface area contributed by atoms with Crippen molar-refractivity contribution in [3.63, 3.8) is 0 Å².